The molecule has 0 aromatic heterocycles. The minimum Gasteiger partial charge on any atom is -0.377 e. The first-order chi connectivity index (χ1) is 6.86. The molecule has 0 aromatic carbocycles. The molecule has 0 radical (unpaired) electrons. The summed E-state index contributed by atoms with van der Waals surface area (Å²) in [6, 6.07) is 0. The van der Waals surface area contributed by atoms with Crippen LogP contribution in [0.5, 0.6) is 0 Å². The SMILES string of the molecule is O=C1CCCO[C@@H](C2CCCCC2)C1. The quantitative estimate of drug-likeness (QED) is 0.644. The van der Waals surface area contributed by atoms with Gasteiger partial charge in [0.15, 0.2) is 0 Å². The fraction of sp³-hybridized carbons (Fsp3) is 0.917. The van der Waals surface area contributed by atoms with E-state index in [0.717, 1.165) is 19.4 Å². The fourth-order valence-corrected chi connectivity index (χ4v) is 2.70. The first kappa shape index (κ1) is 10.2. The summed E-state index contributed by atoms with van der Waals surface area (Å²) >= 11 is 0. The van der Waals surface area contributed by atoms with Gasteiger partial charge in [0.05, 0.1) is 6.10 Å². The van der Waals surface area contributed by atoms with E-state index in [1.54, 1.807) is 0 Å². The van der Waals surface area contributed by atoms with Gasteiger partial charge in [-0.3, -0.25) is 4.79 Å². The third-order valence-corrected chi connectivity index (χ3v) is 3.54. The van der Waals surface area contributed by atoms with Crippen molar-refractivity contribution in [3.63, 3.8) is 0 Å². The standard InChI is InChI=1S/C12H20O2/c13-11-7-4-8-14-12(9-11)10-5-2-1-3-6-10/h10,12H,1-9H2/t12-/m1/s1. The molecule has 0 aromatic rings. The van der Waals surface area contributed by atoms with Crippen LogP contribution in [0.25, 0.3) is 0 Å². The molecular weight excluding hydrogens is 176 g/mol. The van der Waals surface area contributed by atoms with Gasteiger partial charge < -0.3 is 4.74 Å². The number of ketones is 1. The van der Waals surface area contributed by atoms with Gasteiger partial charge in [0.1, 0.15) is 5.78 Å². The van der Waals surface area contributed by atoms with Crippen molar-refractivity contribution in [1.82, 2.24) is 0 Å². The summed E-state index contributed by atoms with van der Waals surface area (Å²) < 4.78 is 5.79. The molecule has 2 rings (SSSR count). The largest absolute Gasteiger partial charge is 0.377 e. The zero-order valence-electron chi connectivity index (χ0n) is 8.84. The van der Waals surface area contributed by atoms with E-state index in [4.69, 9.17) is 4.74 Å². The van der Waals surface area contributed by atoms with Gasteiger partial charge in [0.25, 0.3) is 0 Å². The highest BCUT2D eigenvalue weighted by atomic mass is 16.5. The Bertz CT molecular complexity index is 194. The van der Waals surface area contributed by atoms with Gasteiger partial charge in [-0.1, -0.05) is 19.3 Å². The molecule has 2 nitrogen and oxygen atoms in total. The Balaban J connectivity index is 1.90. The summed E-state index contributed by atoms with van der Waals surface area (Å²) in [4.78, 5) is 11.5. The van der Waals surface area contributed by atoms with Crippen molar-refractivity contribution in [2.45, 2.75) is 57.5 Å². The van der Waals surface area contributed by atoms with Crippen LogP contribution in [-0.4, -0.2) is 18.5 Å². The van der Waals surface area contributed by atoms with E-state index in [9.17, 15) is 4.79 Å². The van der Waals surface area contributed by atoms with Gasteiger partial charge in [0, 0.05) is 19.4 Å². The average Bonchev–Trinajstić information content (AvgIpc) is 2.44. The molecule has 0 unspecified atom stereocenters. The molecule has 1 atom stereocenters. The molecule has 0 bridgehead atoms. The van der Waals surface area contributed by atoms with Crippen LogP contribution in [0.1, 0.15) is 51.4 Å². The average molecular weight is 196 g/mol. The van der Waals surface area contributed by atoms with E-state index in [2.05, 4.69) is 0 Å². The molecule has 0 amide bonds. The summed E-state index contributed by atoms with van der Waals surface area (Å²) in [5, 5.41) is 0. The second kappa shape index (κ2) is 4.92. The highest BCUT2D eigenvalue weighted by Gasteiger charge is 2.27. The Kier molecular flexibility index (Phi) is 3.57. The van der Waals surface area contributed by atoms with E-state index >= 15 is 0 Å². The van der Waals surface area contributed by atoms with Gasteiger partial charge in [0.2, 0.25) is 0 Å². The second-order valence-electron chi connectivity index (χ2n) is 4.65. The lowest BCUT2D eigenvalue weighted by atomic mass is 9.83. The van der Waals surface area contributed by atoms with E-state index in [1.807, 2.05) is 0 Å². The number of Topliss-reactive ketones (excluding diaryl/α,β-unsaturated/α-hetero) is 1. The van der Waals surface area contributed by atoms with Crippen LogP contribution in [0, 0.1) is 5.92 Å². The maximum Gasteiger partial charge on any atom is 0.135 e. The minimum atomic E-state index is 0.255. The fourth-order valence-electron chi connectivity index (χ4n) is 2.70. The molecule has 1 heterocycles. The Hall–Kier alpha value is -0.370. The zero-order chi connectivity index (χ0) is 9.80. The molecule has 1 aliphatic heterocycles. The molecule has 14 heavy (non-hydrogen) atoms. The molecule has 0 spiro atoms. The summed E-state index contributed by atoms with van der Waals surface area (Å²) in [5.41, 5.74) is 0. The van der Waals surface area contributed by atoms with Crippen molar-refractivity contribution in [1.29, 1.82) is 0 Å². The van der Waals surface area contributed by atoms with E-state index < -0.39 is 0 Å². The second-order valence-corrected chi connectivity index (χ2v) is 4.65. The van der Waals surface area contributed by atoms with Crippen LogP contribution in [0.2, 0.25) is 0 Å². The van der Waals surface area contributed by atoms with Crippen molar-refractivity contribution in [2.24, 2.45) is 5.92 Å². The number of carbonyl (C=O) groups is 1. The van der Waals surface area contributed by atoms with Crippen LogP contribution in [0.3, 0.4) is 0 Å². The molecule has 2 fully saturated rings. The van der Waals surface area contributed by atoms with Crippen LogP contribution in [-0.2, 0) is 9.53 Å². The van der Waals surface area contributed by atoms with Crippen molar-refractivity contribution in [3.05, 3.63) is 0 Å². The lowest BCUT2D eigenvalue weighted by Gasteiger charge is -2.28. The number of rotatable bonds is 1. The molecule has 1 saturated heterocycles. The number of hydrogen-bond donors (Lipinski definition) is 0. The van der Waals surface area contributed by atoms with E-state index in [0.29, 0.717) is 18.1 Å². The smallest absolute Gasteiger partial charge is 0.135 e. The molecule has 80 valence electrons. The first-order valence-corrected chi connectivity index (χ1v) is 5.99. The lowest BCUT2D eigenvalue weighted by molar-refractivity contribution is -0.121. The predicted octanol–water partition coefficient (Wildman–Crippen LogP) is 2.70. The summed E-state index contributed by atoms with van der Waals surface area (Å²) in [7, 11) is 0. The first-order valence-electron chi connectivity index (χ1n) is 5.99. The van der Waals surface area contributed by atoms with E-state index in [-0.39, 0.29) is 6.10 Å². The zero-order valence-corrected chi connectivity index (χ0v) is 8.84. The summed E-state index contributed by atoms with van der Waals surface area (Å²) in [6.45, 7) is 0.799. The minimum absolute atomic E-state index is 0.255. The van der Waals surface area contributed by atoms with Gasteiger partial charge in [-0.2, -0.15) is 0 Å². The number of hydrogen-bond acceptors (Lipinski definition) is 2. The molecular formula is C12H20O2. The monoisotopic (exact) mass is 196 g/mol. The van der Waals surface area contributed by atoms with Gasteiger partial charge in [-0.05, 0) is 25.2 Å². The van der Waals surface area contributed by atoms with E-state index in [1.165, 1.54) is 32.1 Å². The van der Waals surface area contributed by atoms with Gasteiger partial charge >= 0.3 is 0 Å². The van der Waals surface area contributed by atoms with Crippen LogP contribution < -0.4 is 0 Å². The van der Waals surface area contributed by atoms with Crippen LogP contribution >= 0.6 is 0 Å². The number of ether oxygens (including phenoxy) is 1. The predicted molar refractivity (Wildman–Crippen MR) is 55.2 cm³/mol. The Morgan fingerprint density at radius 2 is 1.86 bits per heavy atom. The van der Waals surface area contributed by atoms with Crippen molar-refractivity contribution >= 4 is 5.78 Å². The lowest BCUT2D eigenvalue weighted by Crippen LogP contribution is -2.27. The topological polar surface area (TPSA) is 26.3 Å². The Morgan fingerprint density at radius 1 is 1.07 bits per heavy atom. The van der Waals surface area contributed by atoms with Gasteiger partial charge in [-0.15, -0.1) is 0 Å². The van der Waals surface area contributed by atoms with Gasteiger partial charge in [-0.25, -0.2) is 0 Å². The maximum atomic E-state index is 11.5. The molecule has 1 saturated carbocycles. The summed E-state index contributed by atoms with van der Waals surface area (Å²) in [5.74, 6) is 1.09. The normalized spacial score (nSPS) is 31.4. The molecule has 2 heteroatoms. The van der Waals surface area contributed by atoms with Crippen LogP contribution in [0.4, 0.5) is 0 Å². The maximum absolute atomic E-state index is 11.5. The molecule has 2 aliphatic rings. The van der Waals surface area contributed by atoms with Crippen LogP contribution in [0.15, 0.2) is 0 Å². The highest BCUT2D eigenvalue weighted by Crippen LogP contribution is 2.30. The number of carbonyl (C=O) groups excluding carboxylic acids is 1. The Morgan fingerprint density at radius 3 is 2.64 bits per heavy atom. The third kappa shape index (κ3) is 2.57. The Labute approximate surface area is 86.0 Å². The van der Waals surface area contributed by atoms with Crippen molar-refractivity contribution in [3.8, 4) is 0 Å². The van der Waals surface area contributed by atoms with Crippen molar-refractivity contribution < 1.29 is 9.53 Å². The van der Waals surface area contributed by atoms with Crippen molar-refractivity contribution in [2.75, 3.05) is 6.61 Å². The third-order valence-electron chi connectivity index (χ3n) is 3.54. The molecule has 0 N–H and O–H groups in total. The summed E-state index contributed by atoms with van der Waals surface area (Å²) in [6.07, 6.45) is 9.20. The highest BCUT2D eigenvalue weighted by molar-refractivity contribution is 5.79. The molecule has 1 aliphatic carbocycles.